The van der Waals surface area contributed by atoms with Gasteiger partial charge in [0.1, 0.15) is 10.2 Å². The molecule has 0 saturated carbocycles. The fraction of sp³-hybridized carbons (Fsp3) is 0.400. The Bertz CT molecular complexity index is 407. The minimum atomic E-state index is 0.586. The molecule has 0 aromatic carbocycles. The number of aromatic nitrogens is 3. The van der Waals surface area contributed by atoms with Crippen LogP contribution in [-0.2, 0) is 6.54 Å². The van der Waals surface area contributed by atoms with E-state index in [2.05, 4.69) is 15.5 Å². The lowest BCUT2D eigenvalue weighted by Gasteiger charge is -1.99. The van der Waals surface area contributed by atoms with Gasteiger partial charge in [-0.1, -0.05) is 11.8 Å². The minimum absolute atomic E-state index is 0.586. The van der Waals surface area contributed by atoms with E-state index in [4.69, 9.17) is 5.73 Å². The molecule has 0 radical (unpaired) electrons. The van der Waals surface area contributed by atoms with Crippen molar-refractivity contribution >= 4 is 28.9 Å². The average molecular weight is 254 g/mol. The predicted molar refractivity (Wildman–Crippen MR) is 68.8 cm³/mol. The van der Waals surface area contributed by atoms with Crippen LogP contribution in [0, 0.1) is 6.92 Å². The molecule has 0 saturated heterocycles. The van der Waals surface area contributed by atoms with E-state index in [-0.39, 0.29) is 0 Å². The van der Waals surface area contributed by atoms with Crippen LogP contribution >= 0.6 is 23.1 Å². The Morgan fingerprint density at radius 2 is 2.44 bits per heavy atom. The van der Waals surface area contributed by atoms with Gasteiger partial charge in [0.2, 0.25) is 0 Å². The molecule has 6 heteroatoms. The number of hydrogen-bond acceptors (Lipinski definition) is 5. The summed E-state index contributed by atoms with van der Waals surface area (Å²) in [7, 11) is 0. The molecule has 2 N–H and O–H groups in total. The Balaban J connectivity index is 1.69. The number of aryl methyl sites for hydroxylation is 2. The summed E-state index contributed by atoms with van der Waals surface area (Å²) in [6, 6.07) is 1.82. The van der Waals surface area contributed by atoms with Crippen LogP contribution in [0.25, 0.3) is 0 Å². The molecule has 0 fully saturated rings. The maximum atomic E-state index is 5.53. The van der Waals surface area contributed by atoms with Crippen LogP contribution in [-0.4, -0.2) is 20.5 Å². The molecule has 2 aromatic rings. The van der Waals surface area contributed by atoms with Crippen LogP contribution in [0.3, 0.4) is 0 Å². The summed E-state index contributed by atoms with van der Waals surface area (Å²) in [4.78, 5) is 4.40. The Morgan fingerprint density at radius 3 is 3.06 bits per heavy atom. The molecule has 0 atom stereocenters. The molecule has 4 nitrogen and oxygen atoms in total. The monoisotopic (exact) mass is 254 g/mol. The summed E-state index contributed by atoms with van der Waals surface area (Å²) >= 11 is 3.51. The van der Waals surface area contributed by atoms with Crippen LogP contribution in [0.1, 0.15) is 12.1 Å². The number of thiazole rings is 1. The van der Waals surface area contributed by atoms with Gasteiger partial charge in [-0.3, -0.25) is 4.68 Å². The third-order valence-corrected chi connectivity index (χ3v) is 4.24. The predicted octanol–water partition coefficient (Wildman–Crippen LogP) is 2.41. The first kappa shape index (κ1) is 11.5. The first-order valence-electron chi connectivity index (χ1n) is 5.08. The van der Waals surface area contributed by atoms with Gasteiger partial charge in [0, 0.05) is 29.6 Å². The summed E-state index contributed by atoms with van der Waals surface area (Å²) < 4.78 is 3.03. The third-order valence-electron chi connectivity index (χ3n) is 2.02. The Hall–Kier alpha value is -1.01. The molecule has 0 aliphatic heterocycles. The number of rotatable bonds is 5. The second-order valence-electron chi connectivity index (χ2n) is 3.46. The lowest BCUT2D eigenvalue weighted by atomic mass is 10.5. The molecule has 2 rings (SSSR count). The van der Waals surface area contributed by atoms with E-state index in [9.17, 15) is 0 Å². The molecule has 0 amide bonds. The maximum Gasteiger partial charge on any atom is 0.150 e. The number of nitrogens with two attached hydrogens (primary N) is 1. The summed E-state index contributed by atoms with van der Waals surface area (Å²) in [5.74, 6) is 1.65. The first-order chi connectivity index (χ1) is 7.74. The number of nitrogen functional groups attached to an aromatic ring is 1. The van der Waals surface area contributed by atoms with Crippen LogP contribution in [0.2, 0.25) is 0 Å². The van der Waals surface area contributed by atoms with E-state index in [0.29, 0.717) is 5.82 Å². The van der Waals surface area contributed by atoms with Gasteiger partial charge in [-0.15, -0.1) is 11.3 Å². The van der Waals surface area contributed by atoms with Crippen LogP contribution < -0.4 is 5.73 Å². The molecule has 0 spiro atoms. The van der Waals surface area contributed by atoms with Gasteiger partial charge in [0.25, 0.3) is 0 Å². The second kappa shape index (κ2) is 5.36. The fourth-order valence-corrected chi connectivity index (χ4v) is 3.13. The SMILES string of the molecule is Cc1csc(SCCCn2ccc(N)n2)n1. The number of anilines is 1. The quantitative estimate of drug-likeness (QED) is 0.657. The second-order valence-corrected chi connectivity index (χ2v) is 5.66. The van der Waals surface area contributed by atoms with Crippen LogP contribution in [0.15, 0.2) is 22.0 Å². The molecule has 0 unspecified atom stereocenters. The van der Waals surface area contributed by atoms with E-state index < -0.39 is 0 Å². The van der Waals surface area contributed by atoms with Crippen LogP contribution in [0.4, 0.5) is 5.82 Å². The van der Waals surface area contributed by atoms with E-state index in [1.165, 1.54) is 0 Å². The van der Waals surface area contributed by atoms with Crippen molar-refractivity contribution < 1.29 is 0 Å². The highest BCUT2D eigenvalue weighted by atomic mass is 32.2. The van der Waals surface area contributed by atoms with Crippen molar-refractivity contribution in [2.75, 3.05) is 11.5 Å². The molecule has 86 valence electrons. The molecular weight excluding hydrogens is 240 g/mol. The van der Waals surface area contributed by atoms with Crippen molar-refractivity contribution in [1.29, 1.82) is 0 Å². The molecule has 2 aromatic heterocycles. The summed E-state index contributed by atoms with van der Waals surface area (Å²) in [6.45, 7) is 2.93. The summed E-state index contributed by atoms with van der Waals surface area (Å²) in [6.07, 6.45) is 2.98. The first-order valence-corrected chi connectivity index (χ1v) is 6.94. The topological polar surface area (TPSA) is 56.7 Å². The van der Waals surface area contributed by atoms with E-state index in [1.807, 2.05) is 23.9 Å². The van der Waals surface area contributed by atoms with Crippen molar-refractivity contribution in [1.82, 2.24) is 14.8 Å². The minimum Gasteiger partial charge on any atom is -0.382 e. The molecule has 0 bridgehead atoms. The lowest BCUT2D eigenvalue weighted by Crippen LogP contribution is -2.00. The van der Waals surface area contributed by atoms with Crippen molar-refractivity contribution in [2.45, 2.75) is 24.2 Å². The Kier molecular flexibility index (Phi) is 3.84. The van der Waals surface area contributed by atoms with Gasteiger partial charge in [-0.05, 0) is 19.4 Å². The van der Waals surface area contributed by atoms with E-state index >= 15 is 0 Å². The van der Waals surface area contributed by atoms with Gasteiger partial charge in [-0.2, -0.15) is 5.10 Å². The zero-order valence-corrected chi connectivity index (χ0v) is 10.7. The van der Waals surface area contributed by atoms with Gasteiger partial charge in [0.05, 0.1) is 0 Å². The molecule has 16 heavy (non-hydrogen) atoms. The normalized spacial score (nSPS) is 10.8. The Morgan fingerprint density at radius 1 is 1.56 bits per heavy atom. The van der Waals surface area contributed by atoms with Crippen molar-refractivity contribution in [2.24, 2.45) is 0 Å². The number of hydrogen-bond donors (Lipinski definition) is 1. The maximum absolute atomic E-state index is 5.53. The molecule has 2 heterocycles. The van der Waals surface area contributed by atoms with E-state index in [0.717, 1.165) is 28.8 Å². The fourth-order valence-electron chi connectivity index (χ4n) is 1.29. The molecule has 0 aliphatic rings. The average Bonchev–Trinajstić information content (AvgIpc) is 2.83. The summed E-state index contributed by atoms with van der Waals surface area (Å²) in [5, 5.41) is 6.21. The van der Waals surface area contributed by atoms with E-state index in [1.54, 1.807) is 23.1 Å². The lowest BCUT2D eigenvalue weighted by molar-refractivity contribution is 0.608. The third kappa shape index (κ3) is 3.24. The van der Waals surface area contributed by atoms with Gasteiger partial charge < -0.3 is 5.73 Å². The van der Waals surface area contributed by atoms with Crippen molar-refractivity contribution in [3.05, 3.63) is 23.3 Å². The van der Waals surface area contributed by atoms with Gasteiger partial charge >= 0.3 is 0 Å². The molecular formula is C10H14N4S2. The molecule has 0 aliphatic carbocycles. The highest BCUT2D eigenvalue weighted by molar-refractivity contribution is 8.00. The van der Waals surface area contributed by atoms with Crippen molar-refractivity contribution in [3.8, 4) is 0 Å². The van der Waals surface area contributed by atoms with Crippen molar-refractivity contribution in [3.63, 3.8) is 0 Å². The summed E-state index contributed by atoms with van der Waals surface area (Å²) in [5.41, 5.74) is 6.64. The smallest absolute Gasteiger partial charge is 0.150 e. The zero-order chi connectivity index (χ0) is 11.4. The van der Waals surface area contributed by atoms with Gasteiger partial charge in [0.15, 0.2) is 0 Å². The van der Waals surface area contributed by atoms with Gasteiger partial charge in [-0.25, -0.2) is 4.98 Å². The Labute approximate surface area is 103 Å². The zero-order valence-electron chi connectivity index (χ0n) is 9.09. The highest BCUT2D eigenvalue weighted by Crippen LogP contribution is 2.22. The largest absolute Gasteiger partial charge is 0.382 e. The van der Waals surface area contributed by atoms with Crippen LogP contribution in [0.5, 0.6) is 0 Å². The number of thioether (sulfide) groups is 1. The highest BCUT2D eigenvalue weighted by Gasteiger charge is 1.99. The number of nitrogens with zero attached hydrogens (tertiary/aromatic N) is 3. The standard InChI is InChI=1S/C10H14N4S2/c1-8-7-16-10(12-8)15-6-2-4-14-5-3-9(11)13-14/h3,5,7H,2,4,6H2,1H3,(H2,11,13).